The Labute approximate surface area is 114 Å². The summed E-state index contributed by atoms with van der Waals surface area (Å²) in [5.74, 6) is -1.96. The highest BCUT2D eigenvalue weighted by molar-refractivity contribution is 6.31. The Morgan fingerprint density at radius 2 is 1.74 bits per heavy atom. The zero-order valence-electron chi connectivity index (χ0n) is 10.00. The van der Waals surface area contributed by atoms with Gasteiger partial charge in [0.2, 0.25) is 0 Å². The number of hydrogen-bond donors (Lipinski definition) is 1. The van der Waals surface area contributed by atoms with Gasteiger partial charge >= 0.3 is 0 Å². The van der Waals surface area contributed by atoms with Crippen LogP contribution >= 0.6 is 11.6 Å². The lowest BCUT2D eigenvalue weighted by atomic mass is 10.2. The second-order valence-corrected chi connectivity index (χ2v) is 4.38. The van der Waals surface area contributed by atoms with E-state index in [1.165, 1.54) is 0 Å². The van der Waals surface area contributed by atoms with Crippen LogP contribution in [0, 0.1) is 11.6 Å². The topological polar surface area (TPSA) is 35.2 Å². The van der Waals surface area contributed by atoms with Crippen LogP contribution in [0.2, 0.25) is 5.02 Å². The molecule has 19 heavy (non-hydrogen) atoms. The van der Waals surface area contributed by atoms with Gasteiger partial charge in [0.15, 0.2) is 17.4 Å². The number of benzene rings is 2. The van der Waals surface area contributed by atoms with E-state index in [4.69, 9.17) is 22.1 Å². The third-order valence-electron chi connectivity index (χ3n) is 2.62. The van der Waals surface area contributed by atoms with E-state index < -0.39 is 17.4 Å². The molecule has 2 N–H and O–H groups in total. The average Bonchev–Trinajstić information content (AvgIpc) is 2.39. The Kier molecular flexibility index (Phi) is 4.35. The van der Waals surface area contributed by atoms with Gasteiger partial charge < -0.3 is 10.5 Å². The van der Waals surface area contributed by atoms with E-state index in [0.717, 1.165) is 12.1 Å². The fraction of sp³-hybridized carbons (Fsp3) is 0.143. The summed E-state index contributed by atoms with van der Waals surface area (Å²) in [4.78, 5) is 0. The molecule has 0 heterocycles. The lowest BCUT2D eigenvalue weighted by Gasteiger charge is -2.10. The molecule has 2 aromatic carbocycles. The molecule has 5 heteroatoms. The van der Waals surface area contributed by atoms with E-state index in [2.05, 4.69) is 0 Å². The number of halogens is 3. The fourth-order valence-corrected chi connectivity index (χ4v) is 1.82. The highest BCUT2D eigenvalue weighted by Crippen LogP contribution is 2.25. The zero-order valence-corrected chi connectivity index (χ0v) is 10.8. The fourth-order valence-electron chi connectivity index (χ4n) is 1.63. The number of rotatable bonds is 4. The molecule has 0 spiro atoms. The minimum absolute atomic E-state index is 0.00448. The van der Waals surface area contributed by atoms with Gasteiger partial charge in [0.05, 0.1) is 0 Å². The average molecular weight is 284 g/mol. The molecule has 0 aliphatic carbocycles. The largest absolute Gasteiger partial charge is 0.483 e. The number of hydrogen-bond acceptors (Lipinski definition) is 2. The van der Waals surface area contributed by atoms with E-state index in [-0.39, 0.29) is 13.2 Å². The van der Waals surface area contributed by atoms with Crippen molar-refractivity contribution in [3.05, 3.63) is 64.2 Å². The van der Waals surface area contributed by atoms with Gasteiger partial charge in [-0.1, -0.05) is 29.8 Å². The number of ether oxygens (including phenoxy) is 1. The van der Waals surface area contributed by atoms with E-state index in [1.807, 2.05) is 0 Å². The molecule has 0 fully saturated rings. The van der Waals surface area contributed by atoms with Crippen LogP contribution in [0.5, 0.6) is 5.75 Å². The predicted octanol–water partition coefficient (Wildman–Crippen LogP) is 3.66. The van der Waals surface area contributed by atoms with Crippen molar-refractivity contribution in [3.63, 3.8) is 0 Å². The summed E-state index contributed by atoms with van der Waals surface area (Å²) in [6, 6.07) is 9.27. The van der Waals surface area contributed by atoms with Crippen molar-refractivity contribution < 1.29 is 13.5 Å². The maximum Gasteiger partial charge on any atom is 0.191 e. The smallest absolute Gasteiger partial charge is 0.191 e. The Bertz CT molecular complexity index is 566. The van der Waals surface area contributed by atoms with Gasteiger partial charge in [-0.2, -0.15) is 0 Å². The maximum absolute atomic E-state index is 13.6. The lowest BCUT2D eigenvalue weighted by Crippen LogP contribution is -2.03. The van der Waals surface area contributed by atoms with Crippen LogP contribution in [0.25, 0.3) is 0 Å². The maximum atomic E-state index is 13.6. The van der Waals surface area contributed by atoms with Crippen LogP contribution in [-0.2, 0) is 13.2 Å². The molecule has 0 bridgehead atoms. The SMILES string of the molecule is NCc1cc(F)c(OCc2ccccc2Cl)c(F)c1. The third kappa shape index (κ3) is 3.22. The third-order valence-corrected chi connectivity index (χ3v) is 2.99. The molecule has 2 aromatic rings. The molecular formula is C14H12ClF2NO. The summed E-state index contributed by atoms with van der Waals surface area (Å²) in [6.45, 7) is 0.0636. The van der Waals surface area contributed by atoms with Crippen molar-refractivity contribution in [2.75, 3.05) is 0 Å². The Morgan fingerprint density at radius 1 is 1.11 bits per heavy atom. The van der Waals surface area contributed by atoms with Gasteiger partial charge in [-0.05, 0) is 23.8 Å². The van der Waals surface area contributed by atoms with E-state index in [9.17, 15) is 8.78 Å². The minimum Gasteiger partial charge on any atom is -0.483 e. The second-order valence-electron chi connectivity index (χ2n) is 3.97. The molecule has 0 amide bonds. The minimum atomic E-state index is -0.771. The van der Waals surface area contributed by atoms with Gasteiger partial charge in [0.25, 0.3) is 0 Å². The van der Waals surface area contributed by atoms with Crippen molar-refractivity contribution in [2.24, 2.45) is 5.73 Å². The molecule has 2 nitrogen and oxygen atoms in total. The van der Waals surface area contributed by atoms with Gasteiger partial charge in [0.1, 0.15) is 6.61 Å². The lowest BCUT2D eigenvalue weighted by molar-refractivity contribution is 0.274. The summed E-state index contributed by atoms with van der Waals surface area (Å²) < 4.78 is 32.5. The first-order valence-corrected chi connectivity index (χ1v) is 6.04. The molecule has 0 aromatic heterocycles. The van der Waals surface area contributed by atoms with E-state index in [1.54, 1.807) is 24.3 Å². The molecule has 0 saturated heterocycles. The number of nitrogens with two attached hydrogens (primary N) is 1. The first-order chi connectivity index (χ1) is 9.11. The summed E-state index contributed by atoms with van der Waals surface area (Å²) in [5, 5.41) is 0.488. The van der Waals surface area contributed by atoms with Crippen molar-refractivity contribution in [2.45, 2.75) is 13.2 Å². The monoisotopic (exact) mass is 283 g/mol. The highest BCUT2D eigenvalue weighted by Gasteiger charge is 2.13. The zero-order chi connectivity index (χ0) is 13.8. The quantitative estimate of drug-likeness (QED) is 0.929. The van der Waals surface area contributed by atoms with Gasteiger partial charge in [0, 0.05) is 17.1 Å². The van der Waals surface area contributed by atoms with Gasteiger partial charge in [-0.3, -0.25) is 0 Å². The summed E-state index contributed by atoms with van der Waals surface area (Å²) in [5.41, 5.74) is 6.36. The van der Waals surface area contributed by atoms with Crippen LogP contribution in [0.1, 0.15) is 11.1 Å². The Balaban J connectivity index is 2.18. The van der Waals surface area contributed by atoms with Crippen LogP contribution < -0.4 is 10.5 Å². The molecule has 0 radical (unpaired) electrons. The summed E-state index contributed by atoms with van der Waals surface area (Å²) >= 11 is 5.93. The van der Waals surface area contributed by atoms with Crippen molar-refractivity contribution >= 4 is 11.6 Å². The molecule has 0 aliphatic rings. The highest BCUT2D eigenvalue weighted by atomic mass is 35.5. The summed E-state index contributed by atoms with van der Waals surface area (Å²) in [6.07, 6.45) is 0. The first kappa shape index (κ1) is 13.8. The Morgan fingerprint density at radius 3 is 2.32 bits per heavy atom. The molecular weight excluding hydrogens is 272 g/mol. The van der Waals surface area contributed by atoms with E-state index >= 15 is 0 Å². The first-order valence-electron chi connectivity index (χ1n) is 5.66. The van der Waals surface area contributed by atoms with Crippen molar-refractivity contribution in [3.8, 4) is 5.75 Å². The van der Waals surface area contributed by atoms with Crippen molar-refractivity contribution in [1.82, 2.24) is 0 Å². The van der Waals surface area contributed by atoms with Crippen LogP contribution in [0.3, 0.4) is 0 Å². The standard InChI is InChI=1S/C14H12ClF2NO/c15-11-4-2-1-3-10(11)8-19-14-12(16)5-9(7-18)6-13(14)17/h1-6H,7-8,18H2. The predicted molar refractivity (Wildman–Crippen MR) is 70.0 cm³/mol. The van der Waals surface area contributed by atoms with Crippen molar-refractivity contribution in [1.29, 1.82) is 0 Å². The van der Waals surface area contributed by atoms with Gasteiger partial charge in [-0.15, -0.1) is 0 Å². The van der Waals surface area contributed by atoms with Crippen LogP contribution in [0.4, 0.5) is 8.78 Å². The summed E-state index contributed by atoms with van der Waals surface area (Å²) in [7, 11) is 0. The Hall–Kier alpha value is -1.65. The van der Waals surface area contributed by atoms with E-state index in [0.29, 0.717) is 16.1 Å². The molecule has 0 aliphatic heterocycles. The molecule has 0 unspecified atom stereocenters. The molecule has 100 valence electrons. The van der Waals surface area contributed by atoms with Crippen LogP contribution in [0.15, 0.2) is 36.4 Å². The van der Waals surface area contributed by atoms with Crippen LogP contribution in [-0.4, -0.2) is 0 Å². The van der Waals surface area contributed by atoms with Gasteiger partial charge in [-0.25, -0.2) is 8.78 Å². The molecule has 0 saturated carbocycles. The normalized spacial score (nSPS) is 10.5. The second kappa shape index (κ2) is 5.99. The molecule has 0 atom stereocenters. The molecule has 2 rings (SSSR count).